The average Bonchev–Trinajstić information content (AvgIpc) is 2.39. The van der Waals surface area contributed by atoms with Crippen LogP contribution in [0.1, 0.15) is 13.3 Å². The van der Waals surface area contributed by atoms with Crippen molar-refractivity contribution in [2.24, 2.45) is 0 Å². The summed E-state index contributed by atoms with van der Waals surface area (Å²) in [7, 11) is 1.73. The van der Waals surface area contributed by atoms with Gasteiger partial charge in [0.25, 0.3) is 0 Å². The van der Waals surface area contributed by atoms with Gasteiger partial charge in [0.15, 0.2) is 0 Å². The van der Waals surface area contributed by atoms with Gasteiger partial charge in [0.2, 0.25) is 5.91 Å². The number of hydrogen-bond donors (Lipinski definition) is 1. The summed E-state index contributed by atoms with van der Waals surface area (Å²) >= 11 is 0. The first-order valence-electron chi connectivity index (χ1n) is 6.46. The number of halogens is 1. The highest BCUT2D eigenvalue weighted by molar-refractivity contribution is 5.77. The summed E-state index contributed by atoms with van der Waals surface area (Å²) in [6.07, 6.45) is 1.000. The van der Waals surface area contributed by atoms with Crippen molar-refractivity contribution in [2.75, 3.05) is 33.3 Å². The van der Waals surface area contributed by atoms with Crippen LogP contribution in [0.15, 0.2) is 24.3 Å². The van der Waals surface area contributed by atoms with Gasteiger partial charge in [-0.25, -0.2) is 4.39 Å². The van der Waals surface area contributed by atoms with E-state index in [-0.39, 0.29) is 11.7 Å². The van der Waals surface area contributed by atoms with E-state index in [1.165, 1.54) is 12.1 Å². The number of nitrogens with one attached hydrogen (secondary N) is 1. The monoisotopic (exact) mass is 268 g/mol. The van der Waals surface area contributed by atoms with Crippen molar-refractivity contribution in [3.8, 4) is 5.75 Å². The highest BCUT2D eigenvalue weighted by atomic mass is 19.1. The first-order valence-corrected chi connectivity index (χ1v) is 6.46. The quantitative estimate of drug-likeness (QED) is 0.729. The Bertz CT molecular complexity index is 399. The van der Waals surface area contributed by atoms with Gasteiger partial charge in [0.1, 0.15) is 18.2 Å². The van der Waals surface area contributed by atoms with Crippen molar-refractivity contribution in [1.82, 2.24) is 10.2 Å². The Morgan fingerprint density at radius 2 is 2.26 bits per heavy atom. The van der Waals surface area contributed by atoms with Gasteiger partial charge in [0, 0.05) is 13.1 Å². The number of ether oxygens (including phenoxy) is 1. The molecule has 0 saturated carbocycles. The molecule has 1 amide bonds. The van der Waals surface area contributed by atoms with E-state index in [0.717, 1.165) is 13.0 Å². The molecule has 0 aliphatic rings. The lowest BCUT2D eigenvalue weighted by atomic mass is 10.3. The summed E-state index contributed by atoms with van der Waals surface area (Å²) in [5.41, 5.74) is 0. The van der Waals surface area contributed by atoms with Gasteiger partial charge in [-0.2, -0.15) is 0 Å². The first-order chi connectivity index (χ1) is 9.13. The van der Waals surface area contributed by atoms with E-state index in [0.29, 0.717) is 25.4 Å². The molecule has 106 valence electrons. The van der Waals surface area contributed by atoms with E-state index in [1.54, 1.807) is 24.1 Å². The molecule has 0 atom stereocenters. The van der Waals surface area contributed by atoms with Crippen molar-refractivity contribution < 1.29 is 13.9 Å². The van der Waals surface area contributed by atoms with Crippen LogP contribution in [0.3, 0.4) is 0 Å². The second-order valence-electron chi connectivity index (χ2n) is 4.30. The number of hydrogen-bond acceptors (Lipinski definition) is 3. The molecule has 19 heavy (non-hydrogen) atoms. The Labute approximate surface area is 113 Å². The lowest BCUT2D eigenvalue weighted by Crippen LogP contribution is -2.37. The summed E-state index contributed by atoms with van der Waals surface area (Å²) < 4.78 is 18.3. The molecule has 0 heterocycles. The van der Waals surface area contributed by atoms with Crippen LogP contribution in [0.2, 0.25) is 0 Å². The summed E-state index contributed by atoms with van der Waals surface area (Å²) in [6.45, 7) is 4.04. The van der Waals surface area contributed by atoms with Crippen LogP contribution in [0, 0.1) is 5.82 Å². The first kappa shape index (κ1) is 15.4. The highest BCUT2D eigenvalue weighted by Gasteiger charge is 2.07. The zero-order valence-corrected chi connectivity index (χ0v) is 11.5. The van der Waals surface area contributed by atoms with E-state index in [4.69, 9.17) is 4.74 Å². The molecule has 0 radical (unpaired) electrons. The molecule has 1 N–H and O–H groups in total. The fourth-order valence-electron chi connectivity index (χ4n) is 1.49. The minimum Gasteiger partial charge on any atom is -0.492 e. The largest absolute Gasteiger partial charge is 0.492 e. The maximum Gasteiger partial charge on any atom is 0.236 e. The summed E-state index contributed by atoms with van der Waals surface area (Å²) in [5, 5.41) is 3.05. The maximum atomic E-state index is 12.9. The van der Waals surface area contributed by atoms with Gasteiger partial charge in [0.05, 0.1) is 13.1 Å². The molecule has 5 heteroatoms. The molecule has 0 fully saturated rings. The molecule has 0 spiro atoms. The third-order valence-corrected chi connectivity index (χ3v) is 2.62. The predicted octanol–water partition coefficient (Wildman–Crippen LogP) is 1.66. The lowest BCUT2D eigenvalue weighted by Gasteiger charge is -2.17. The maximum absolute atomic E-state index is 12.9. The van der Waals surface area contributed by atoms with E-state index in [2.05, 4.69) is 5.32 Å². The van der Waals surface area contributed by atoms with Gasteiger partial charge in [-0.05, 0) is 25.1 Å². The predicted molar refractivity (Wildman–Crippen MR) is 72.7 cm³/mol. The third kappa shape index (κ3) is 6.20. The van der Waals surface area contributed by atoms with Crippen LogP contribution in [-0.2, 0) is 4.79 Å². The van der Waals surface area contributed by atoms with Crippen LogP contribution in [-0.4, -0.2) is 44.1 Å². The molecule has 1 rings (SSSR count). The zero-order valence-electron chi connectivity index (χ0n) is 11.5. The molecule has 0 aliphatic carbocycles. The topological polar surface area (TPSA) is 41.6 Å². The number of benzene rings is 1. The van der Waals surface area contributed by atoms with Crippen LogP contribution < -0.4 is 10.1 Å². The van der Waals surface area contributed by atoms with Crippen LogP contribution in [0.4, 0.5) is 4.39 Å². The summed E-state index contributed by atoms with van der Waals surface area (Å²) in [5.74, 6) is 0.173. The second-order valence-corrected chi connectivity index (χ2v) is 4.30. The number of amides is 1. The van der Waals surface area contributed by atoms with Crippen molar-refractivity contribution in [3.63, 3.8) is 0 Å². The zero-order chi connectivity index (χ0) is 14.1. The standard InChI is InChI=1S/C14H21FN2O2/c1-3-7-16-11-14(18)17(2)8-9-19-13-6-4-5-12(15)10-13/h4-6,10,16H,3,7-9,11H2,1-2H3. The fourth-order valence-corrected chi connectivity index (χ4v) is 1.49. The lowest BCUT2D eigenvalue weighted by molar-refractivity contribution is -0.129. The highest BCUT2D eigenvalue weighted by Crippen LogP contribution is 2.11. The third-order valence-electron chi connectivity index (χ3n) is 2.62. The van der Waals surface area contributed by atoms with Gasteiger partial charge in [-0.3, -0.25) is 4.79 Å². The molecule has 1 aromatic rings. The minimum atomic E-state index is -0.328. The van der Waals surface area contributed by atoms with E-state index >= 15 is 0 Å². The Kier molecular flexibility index (Phi) is 6.89. The van der Waals surface area contributed by atoms with Gasteiger partial charge < -0.3 is 15.0 Å². The Morgan fingerprint density at radius 1 is 1.47 bits per heavy atom. The minimum absolute atomic E-state index is 0.0243. The molecule has 0 saturated heterocycles. The second kappa shape index (κ2) is 8.48. The number of likely N-dealkylation sites (N-methyl/N-ethyl adjacent to an activating group) is 1. The van der Waals surface area contributed by atoms with E-state index in [9.17, 15) is 9.18 Å². The molecule has 0 bridgehead atoms. The van der Waals surface area contributed by atoms with Crippen LogP contribution in [0.5, 0.6) is 5.75 Å². The average molecular weight is 268 g/mol. The SMILES string of the molecule is CCCNCC(=O)N(C)CCOc1cccc(F)c1. The number of carbonyl (C=O) groups is 1. The molecule has 1 aromatic carbocycles. The number of carbonyl (C=O) groups excluding carboxylic acids is 1. The smallest absolute Gasteiger partial charge is 0.236 e. The van der Waals surface area contributed by atoms with Gasteiger partial charge >= 0.3 is 0 Å². The molecule has 4 nitrogen and oxygen atoms in total. The van der Waals surface area contributed by atoms with Crippen molar-refractivity contribution in [1.29, 1.82) is 0 Å². The Morgan fingerprint density at radius 3 is 2.95 bits per heavy atom. The van der Waals surface area contributed by atoms with Crippen LogP contribution >= 0.6 is 0 Å². The fraction of sp³-hybridized carbons (Fsp3) is 0.500. The summed E-state index contributed by atoms with van der Waals surface area (Å²) in [6, 6.07) is 5.97. The van der Waals surface area contributed by atoms with Crippen LogP contribution in [0.25, 0.3) is 0 Å². The molecular formula is C14H21FN2O2. The molecule has 0 aromatic heterocycles. The van der Waals surface area contributed by atoms with Crippen molar-refractivity contribution >= 4 is 5.91 Å². The number of rotatable bonds is 8. The normalized spacial score (nSPS) is 10.3. The Hall–Kier alpha value is -1.62. The van der Waals surface area contributed by atoms with E-state index < -0.39 is 0 Å². The summed E-state index contributed by atoms with van der Waals surface area (Å²) in [4.78, 5) is 13.3. The van der Waals surface area contributed by atoms with Crippen molar-refractivity contribution in [3.05, 3.63) is 30.1 Å². The van der Waals surface area contributed by atoms with Gasteiger partial charge in [-0.15, -0.1) is 0 Å². The number of nitrogens with zero attached hydrogens (tertiary/aromatic N) is 1. The Balaban J connectivity index is 2.23. The van der Waals surface area contributed by atoms with Gasteiger partial charge in [-0.1, -0.05) is 13.0 Å². The van der Waals surface area contributed by atoms with E-state index in [1.807, 2.05) is 6.92 Å². The molecule has 0 aliphatic heterocycles. The van der Waals surface area contributed by atoms with Crippen molar-refractivity contribution in [2.45, 2.75) is 13.3 Å². The molecule has 0 unspecified atom stereocenters. The molecular weight excluding hydrogens is 247 g/mol.